The molecule has 0 aromatic heterocycles. The average molecular weight is 263 g/mol. The molecule has 4 N–H and O–H groups in total. The molecule has 0 radical (unpaired) electrons. The first kappa shape index (κ1) is 13.7. The summed E-state index contributed by atoms with van der Waals surface area (Å²) in [7, 11) is 0. The zero-order chi connectivity index (χ0) is 13.7. The number of nitrogens with two attached hydrogens (primary N) is 1. The average Bonchev–Trinajstić information content (AvgIpc) is 2.92. The number of hydrogen-bond donors (Lipinski definition) is 3. The fraction of sp³-hybridized carbons (Fsp3) is 0.500. The highest BCUT2D eigenvalue weighted by molar-refractivity contribution is 5.97. The van der Waals surface area contributed by atoms with Crippen molar-refractivity contribution in [2.75, 3.05) is 18.1 Å². The Balaban J connectivity index is 2.08. The van der Waals surface area contributed by atoms with Gasteiger partial charge in [-0.1, -0.05) is 5.16 Å². The Bertz CT molecular complexity index is 431. The van der Waals surface area contributed by atoms with Gasteiger partial charge >= 0.3 is 0 Å². The summed E-state index contributed by atoms with van der Waals surface area (Å²) < 4.78 is 0. The summed E-state index contributed by atoms with van der Waals surface area (Å²) in [6.07, 6.45) is 4.25. The zero-order valence-corrected chi connectivity index (χ0v) is 11.0. The topological polar surface area (TPSA) is 82.1 Å². The second kappa shape index (κ2) is 6.43. The van der Waals surface area contributed by atoms with Crippen molar-refractivity contribution in [3.05, 3.63) is 29.8 Å². The molecule has 1 aliphatic rings. The fourth-order valence-corrected chi connectivity index (χ4v) is 2.68. The number of rotatable bonds is 5. The number of aliphatic hydroxyl groups excluding tert-OH is 1. The lowest BCUT2D eigenvalue weighted by Crippen LogP contribution is -2.29. The number of aliphatic hydroxyl groups is 1. The smallest absolute Gasteiger partial charge is 0.170 e. The lowest BCUT2D eigenvalue weighted by molar-refractivity contribution is 0.279. The molecule has 5 heteroatoms. The molecule has 0 amide bonds. The minimum Gasteiger partial charge on any atom is -0.409 e. The molecule has 5 nitrogen and oxygen atoms in total. The van der Waals surface area contributed by atoms with Crippen LogP contribution in [0, 0.1) is 0 Å². The molecule has 2 rings (SSSR count). The van der Waals surface area contributed by atoms with Crippen LogP contribution in [0.2, 0.25) is 0 Å². The van der Waals surface area contributed by atoms with Crippen LogP contribution in [0.25, 0.3) is 0 Å². The third-order valence-electron chi connectivity index (χ3n) is 3.68. The summed E-state index contributed by atoms with van der Waals surface area (Å²) >= 11 is 0. The van der Waals surface area contributed by atoms with Crippen LogP contribution in [0.4, 0.5) is 5.69 Å². The molecule has 1 aliphatic heterocycles. The molecule has 1 aromatic rings. The maximum Gasteiger partial charge on any atom is 0.170 e. The SMILES string of the molecule is NC(=NO)c1ccc(N2CCCC2CCCO)cc1. The molecule has 0 spiro atoms. The first-order valence-corrected chi connectivity index (χ1v) is 6.71. The van der Waals surface area contributed by atoms with Crippen LogP contribution in [0.15, 0.2) is 29.4 Å². The van der Waals surface area contributed by atoms with E-state index in [4.69, 9.17) is 16.0 Å². The van der Waals surface area contributed by atoms with Crippen molar-refractivity contribution in [3.63, 3.8) is 0 Å². The maximum absolute atomic E-state index is 8.94. The van der Waals surface area contributed by atoms with Crippen molar-refractivity contribution >= 4 is 11.5 Å². The van der Waals surface area contributed by atoms with Gasteiger partial charge in [0.15, 0.2) is 5.84 Å². The maximum atomic E-state index is 8.94. The second-order valence-corrected chi connectivity index (χ2v) is 4.89. The molecule has 0 aliphatic carbocycles. The van der Waals surface area contributed by atoms with Crippen molar-refractivity contribution in [1.82, 2.24) is 0 Å². The Hall–Kier alpha value is -1.75. The van der Waals surface area contributed by atoms with Gasteiger partial charge in [0.1, 0.15) is 0 Å². The molecule has 104 valence electrons. The largest absolute Gasteiger partial charge is 0.409 e. The van der Waals surface area contributed by atoms with Crippen LogP contribution in [-0.2, 0) is 0 Å². The Labute approximate surface area is 113 Å². The second-order valence-electron chi connectivity index (χ2n) is 4.89. The van der Waals surface area contributed by atoms with Gasteiger partial charge < -0.3 is 20.9 Å². The molecule has 0 saturated carbocycles. The number of amidine groups is 1. The van der Waals surface area contributed by atoms with E-state index in [1.807, 2.05) is 24.3 Å². The van der Waals surface area contributed by atoms with E-state index in [-0.39, 0.29) is 12.4 Å². The molecular formula is C14H21N3O2. The van der Waals surface area contributed by atoms with Gasteiger partial charge in [0, 0.05) is 30.4 Å². The molecule has 0 bridgehead atoms. The van der Waals surface area contributed by atoms with Crippen LogP contribution in [0.1, 0.15) is 31.2 Å². The third kappa shape index (κ3) is 3.17. The van der Waals surface area contributed by atoms with E-state index in [2.05, 4.69) is 10.1 Å². The van der Waals surface area contributed by atoms with Gasteiger partial charge in [-0.3, -0.25) is 0 Å². The highest BCUT2D eigenvalue weighted by Gasteiger charge is 2.24. The highest BCUT2D eigenvalue weighted by atomic mass is 16.4. The Morgan fingerprint density at radius 1 is 1.37 bits per heavy atom. The van der Waals surface area contributed by atoms with Crippen LogP contribution >= 0.6 is 0 Å². The van der Waals surface area contributed by atoms with Gasteiger partial charge in [0.2, 0.25) is 0 Å². The third-order valence-corrected chi connectivity index (χ3v) is 3.68. The van der Waals surface area contributed by atoms with E-state index >= 15 is 0 Å². The lowest BCUT2D eigenvalue weighted by Gasteiger charge is -2.27. The van der Waals surface area contributed by atoms with E-state index < -0.39 is 0 Å². The molecule has 19 heavy (non-hydrogen) atoms. The quantitative estimate of drug-likeness (QED) is 0.325. The predicted molar refractivity (Wildman–Crippen MR) is 75.6 cm³/mol. The Morgan fingerprint density at radius 3 is 2.74 bits per heavy atom. The summed E-state index contributed by atoms with van der Waals surface area (Å²) in [4.78, 5) is 2.38. The normalized spacial score (nSPS) is 19.9. The molecule has 1 atom stereocenters. The number of benzene rings is 1. The Morgan fingerprint density at radius 2 is 2.11 bits per heavy atom. The van der Waals surface area contributed by atoms with Crippen molar-refractivity contribution in [3.8, 4) is 0 Å². The highest BCUT2D eigenvalue weighted by Crippen LogP contribution is 2.28. The van der Waals surface area contributed by atoms with Gasteiger partial charge in [-0.2, -0.15) is 0 Å². The van der Waals surface area contributed by atoms with Gasteiger partial charge in [-0.15, -0.1) is 0 Å². The minimum absolute atomic E-state index is 0.129. The van der Waals surface area contributed by atoms with Gasteiger partial charge in [-0.05, 0) is 49.9 Å². The first-order valence-electron chi connectivity index (χ1n) is 6.71. The molecule has 1 heterocycles. The summed E-state index contributed by atoms with van der Waals surface area (Å²) in [6, 6.07) is 8.26. The zero-order valence-electron chi connectivity index (χ0n) is 11.0. The molecule has 1 fully saturated rings. The Kier molecular flexibility index (Phi) is 4.63. The van der Waals surface area contributed by atoms with Crippen molar-refractivity contribution in [2.24, 2.45) is 10.9 Å². The lowest BCUT2D eigenvalue weighted by atomic mass is 10.1. The summed E-state index contributed by atoms with van der Waals surface area (Å²) in [5.74, 6) is 0.129. The standard InChI is InChI=1S/C14H21N3O2/c15-14(16-19)11-5-7-13(8-6-11)17-9-1-3-12(17)4-2-10-18/h5-8,12,18-19H,1-4,9-10H2,(H2,15,16). The van der Waals surface area contributed by atoms with Gasteiger partial charge in [-0.25, -0.2) is 0 Å². The molecule has 1 aromatic carbocycles. The van der Waals surface area contributed by atoms with E-state index in [0.717, 1.165) is 30.6 Å². The molecule has 1 unspecified atom stereocenters. The molecular weight excluding hydrogens is 242 g/mol. The minimum atomic E-state index is 0.129. The molecule has 1 saturated heterocycles. The van der Waals surface area contributed by atoms with Crippen LogP contribution in [0.5, 0.6) is 0 Å². The number of nitrogens with zero attached hydrogens (tertiary/aromatic N) is 2. The predicted octanol–water partition coefficient (Wildman–Crippen LogP) is 1.52. The monoisotopic (exact) mass is 263 g/mol. The number of anilines is 1. The summed E-state index contributed by atoms with van der Waals surface area (Å²) in [5, 5.41) is 20.6. The number of hydrogen-bond acceptors (Lipinski definition) is 4. The van der Waals surface area contributed by atoms with Crippen molar-refractivity contribution in [1.29, 1.82) is 0 Å². The van der Waals surface area contributed by atoms with Crippen molar-refractivity contribution < 1.29 is 10.3 Å². The summed E-state index contributed by atoms with van der Waals surface area (Å²) in [6.45, 7) is 1.31. The van der Waals surface area contributed by atoms with Gasteiger partial charge in [0.25, 0.3) is 0 Å². The van der Waals surface area contributed by atoms with E-state index in [1.54, 1.807) is 0 Å². The first-order chi connectivity index (χ1) is 9.26. The van der Waals surface area contributed by atoms with E-state index in [0.29, 0.717) is 6.04 Å². The van der Waals surface area contributed by atoms with E-state index in [1.165, 1.54) is 12.8 Å². The fourth-order valence-electron chi connectivity index (χ4n) is 2.68. The van der Waals surface area contributed by atoms with Crippen LogP contribution < -0.4 is 10.6 Å². The number of oxime groups is 1. The van der Waals surface area contributed by atoms with Crippen LogP contribution in [-0.4, -0.2) is 35.3 Å². The van der Waals surface area contributed by atoms with E-state index in [9.17, 15) is 0 Å². The summed E-state index contributed by atoms with van der Waals surface area (Å²) in [5.41, 5.74) is 7.43. The van der Waals surface area contributed by atoms with Gasteiger partial charge in [0.05, 0.1) is 0 Å². The van der Waals surface area contributed by atoms with Crippen molar-refractivity contribution in [2.45, 2.75) is 31.7 Å². The van der Waals surface area contributed by atoms with Crippen LogP contribution in [0.3, 0.4) is 0 Å².